The Hall–Kier alpha value is -1.69. The Balaban J connectivity index is 2.81. The van der Waals surface area contributed by atoms with E-state index in [2.05, 4.69) is 4.98 Å². The van der Waals surface area contributed by atoms with Gasteiger partial charge in [-0.05, 0) is 0 Å². The predicted octanol–water partition coefficient (Wildman–Crippen LogP) is -0.502. The molecule has 1 rings (SSSR count). The van der Waals surface area contributed by atoms with Crippen molar-refractivity contribution in [3.63, 3.8) is 0 Å². The number of carbonyl (C=O) groups excluding carboxylic acids is 1. The fourth-order valence-electron chi connectivity index (χ4n) is 1.07. The molecule has 0 aliphatic rings. The molecule has 0 saturated heterocycles. The molecule has 76 valence electrons. The highest BCUT2D eigenvalue weighted by Gasteiger charge is 2.15. The number of imidazole rings is 1. The Kier molecular flexibility index (Phi) is 2.98. The van der Waals surface area contributed by atoms with E-state index in [1.807, 2.05) is 0 Å². The topological polar surface area (TPSA) is 98.2 Å². The van der Waals surface area contributed by atoms with Crippen molar-refractivity contribution in [3.05, 3.63) is 18.2 Å². The van der Waals surface area contributed by atoms with Crippen LogP contribution in [0.15, 0.2) is 12.5 Å². The second-order valence-electron chi connectivity index (χ2n) is 2.92. The van der Waals surface area contributed by atoms with Crippen LogP contribution in [0.25, 0.3) is 0 Å². The third-order valence-corrected chi connectivity index (χ3v) is 1.80. The molecule has 0 fully saturated rings. The largest absolute Gasteiger partial charge is 0.480 e. The first-order chi connectivity index (χ1) is 6.52. The van der Waals surface area contributed by atoms with Crippen LogP contribution in [0.5, 0.6) is 0 Å². The monoisotopic (exact) mass is 197 g/mol. The van der Waals surface area contributed by atoms with Gasteiger partial charge in [0.25, 0.3) is 0 Å². The molecule has 0 bridgehead atoms. The van der Waals surface area contributed by atoms with Crippen molar-refractivity contribution in [1.29, 1.82) is 0 Å². The molecule has 0 aromatic carbocycles. The fraction of sp³-hybridized carbons (Fsp3) is 0.375. The van der Waals surface area contributed by atoms with Gasteiger partial charge in [-0.2, -0.15) is 0 Å². The van der Waals surface area contributed by atoms with Crippen molar-refractivity contribution >= 4 is 11.9 Å². The fourth-order valence-corrected chi connectivity index (χ4v) is 1.07. The highest BCUT2D eigenvalue weighted by atomic mass is 16.4. The van der Waals surface area contributed by atoms with Gasteiger partial charge in [0.05, 0.1) is 0 Å². The van der Waals surface area contributed by atoms with E-state index in [4.69, 9.17) is 10.8 Å². The highest BCUT2D eigenvalue weighted by molar-refractivity contribution is 5.77. The number of nitrogens with two attached hydrogens (primary N) is 1. The molecule has 1 aromatic heterocycles. The van der Waals surface area contributed by atoms with Crippen LogP contribution in [-0.4, -0.2) is 32.6 Å². The number of rotatable bonds is 3. The Morgan fingerprint density at radius 3 is 2.86 bits per heavy atom. The summed E-state index contributed by atoms with van der Waals surface area (Å²) in [5.74, 6) is -1.31. The smallest absolute Gasteiger partial charge is 0.320 e. The van der Waals surface area contributed by atoms with Gasteiger partial charge in [0.2, 0.25) is 5.91 Å². The number of carbonyl (C=O) groups is 2. The Morgan fingerprint density at radius 1 is 1.71 bits per heavy atom. The van der Waals surface area contributed by atoms with Crippen molar-refractivity contribution in [1.82, 2.24) is 9.55 Å². The zero-order chi connectivity index (χ0) is 10.7. The molecule has 1 heterocycles. The van der Waals surface area contributed by atoms with Crippen molar-refractivity contribution in [3.8, 4) is 0 Å². The molecule has 0 spiro atoms. The predicted molar refractivity (Wildman–Crippen MR) is 47.8 cm³/mol. The first-order valence-electron chi connectivity index (χ1n) is 4.03. The Bertz CT molecular complexity index is 358. The van der Waals surface area contributed by atoms with E-state index in [0.717, 1.165) is 0 Å². The Morgan fingerprint density at radius 2 is 2.36 bits per heavy atom. The van der Waals surface area contributed by atoms with Crippen LogP contribution in [0.3, 0.4) is 0 Å². The van der Waals surface area contributed by atoms with E-state index in [9.17, 15) is 9.59 Å². The molecule has 0 aliphatic heterocycles. The number of hydrogen-bond donors (Lipinski definition) is 2. The van der Waals surface area contributed by atoms with Crippen LogP contribution in [0.4, 0.5) is 0 Å². The third-order valence-electron chi connectivity index (χ3n) is 1.80. The Labute approximate surface area is 80.4 Å². The molecule has 0 unspecified atom stereocenters. The summed E-state index contributed by atoms with van der Waals surface area (Å²) in [4.78, 5) is 25.2. The quantitative estimate of drug-likeness (QED) is 0.680. The van der Waals surface area contributed by atoms with Crippen LogP contribution in [0.2, 0.25) is 0 Å². The maximum absolute atomic E-state index is 11.0. The summed E-state index contributed by atoms with van der Waals surface area (Å²) in [6, 6.07) is -1.01. The summed E-state index contributed by atoms with van der Waals surface area (Å²) in [7, 11) is 0. The molecule has 0 amide bonds. The molecule has 14 heavy (non-hydrogen) atoms. The van der Waals surface area contributed by atoms with Gasteiger partial charge >= 0.3 is 5.97 Å². The lowest BCUT2D eigenvalue weighted by atomic mass is 10.2. The van der Waals surface area contributed by atoms with Crippen molar-refractivity contribution in [2.24, 2.45) is 5.73 Å². The second-order valence-corrected chi connectivity index (χ2v) is 2.92. The molecule has 1 atom stereocenters. The molecule has 0 aliphatic carbocycles. The number of aromatic nitrogens is 2. The lowest BCUT2D eigenvalue weighted by Crippen LogP contribution is -2.33. The van der Waals surface area contributed by atoms with Crippen molar-refractivity contribution in [2.45, 2.75) is 19.4 Å². The van der Waals surface area contributed by atoms with E-state index in [1.165, 1.54) is 24.0 Å². The van der Waals surface area contributed by atoms with Crippen LogP contribution >= 0.6 is 0 Å². The van der Waals surface area contributed by atoms with E-state index < -0.39 is 12.0 Å². The molecular formula is C8H11N3O3. The number of nitrogens with zero attached hydrogens (tertiary/aromatic N) is 2. The number of carboxylic acids is 1. The maximum atomic E-state index is 11.0. The SMILES string of the molecule is CC(=O)n1cncc1C[C@H](N)C(=O)O. The average Bonchev–Trinajstić information content (AvgIpc) is 2.52. The zero-order valence-electron chi connectivity index (χ0n) is 7.67. The summed E-state index contributed by atoms with van der Waals surface area (Å²) in [5.41, 5.74) is 5.83. The summed E-state index contributed by atoms with van der Waals surface area (Å²) >= 11 is 0. The molecular weight excluding hydrogens is 186 g/mol. The van der Waals surface area contributed by atoms with Crippen molar-refractivity contribution in [2.75, 3.05) is 0 Å². The van der Waals surface area contributed by atoms with Crippen LogP contribution < -0.4 is 5.73 Å². The van der Waals surface area contributed by atoms with Gasteiger partial charge in [-0.25, -0.2) is 4.98 Å². The number of hydrogen-bond acceptors (Lipinski definition) is 4. The maximum Gasteiger partial charge on any atom is 0.320 e. The van der Waals surface area contributed by atoms with Gasteiger partial charge in [-0.15, -0.1) is 0 Å². The van der Waals surface area contributed by atoms with Gasteiger partial charge in [0.1, 0.15) is 12.4 Å². The molecule has 0 radical (unpaired) electrons. The van der Waals surface area contributed by atoms with E-state index >= 15 is 0 Å². The van der Waals surface area contributed by atoms with Crippen LogP contribution in [0.1, 0.15) is 17.4 Å². The summed E-state index contributed by atoms with van der Waals surface area (Å²) in [5, 5.41) is 8.57. The highest BCUT2D eigenvalue weighted by Crippen LogP contribution is 2.02. The molecule has 3 N–H and O–H groups in total. The van der Waals surface area contributed by atoms with Gasteiger partial charge in [-0.3, -0.25) is 14.2 Å². The van der Waals surface area contributed by atoms with Gasteiger partial charge < -0.3 is 10.8 Å². The van der Waals surface area contributed by atoms with Crippen LogP contribution in [-0.2, 0) is 11.2 Å². The molecule has 6 heteroatoms. The lowest BCUT2D eigenvalue weighted by molar-refractivity contribution is -0.138. The van der Waals surface area contributed by atoms with Gasteiger partial charge in [0, 0.05) is 25.2 Å². The molecule has 6 nitrogen and oxygen atoms in total. The second kappa shape index (κ2) is 4.01. The normalized spacial score (nSPS) is 12.4. The number of carboxylic acid groups (broad SMARTS) is 1. The first-order valence-corrected chi connectivity index (χ1v) is 4.03. The molecule has 1 aromatic rings. The standard InChI is InChI=1S/C8H11N3O3/c1-5(12)11-4-10-3-6(11)2-7(9)8(13)14/h3-4,7H,2,9H2,1H3,(H,13,14)/t7-/m0/s1. The van der Waals surface area contributed by atoms with Gasteiger partial charge in [0.15, 0.2) is 0 Å². The lowest BCUT2D eigenvalue weighted by Gasteiger charge is -2.06. The van der Waals surface area contributed by atoms with Gasteiger partial charge in [-0.1, -0.05) is 0 Å². The minimum absolute atomic E-state index is 0.0922. The van der Waals surface area contributed by atoms with Crippen LogP contribution in [0, 0.1) is 0 Å². The first kappa shape index (κ1) is 10.4. The third kappa shape index (κ3) is 2.17. The number of aliphatic carboxylic acids is 1. The summed E-state index contributed by atoms with van der Waals surface area (Å²) in [6.07, 6.45) is 2.87. The average molecular weight is 197 g/mol. The summed E-state index contributed by atoms with van der Waals surface area (Å²) in [6.45, 7) is 1.37. The minimum Gasteiger partial charge on any atom is -0.480 e. The zero-order valence-corrected chi connectivity index (χ0v) is 7.67. The van der Waals surface area contributed by atoms with E-state index in [0.29, 0.717) is 5.69 Å². The molecule has 0 saturated carbocycles. The van der Waals surface area contributed by atoms with E-state index in [-0.39, 0.29) is 12.3 Å². The van der Waals surface area contributed by atoms with E-state index in [1.54, 1.807) is 0 Å². The minimum atomic E-state index is -1.10. The van der Waals surface area contributed by atoms with Crippen molar-refractivity contribution < 1.29 is 14.7 Å². The summed E-state index contributed by atoms with van der Waals surface area (Å²) < 4.78 is 1.28.